The van der Waals surface area contributed by atoms with E-state index >= 15 is 0 Å². The first-order valence-electron chi connectivity index (χ1n) is 28.4. The van der Waals surface area contributed by atoms with Gasteiger partial charge in [0.05, 0.1) is 23.7 Å². The molecule has 2 atom stereocenters. The zero-order valence-corrected chi connectivity index (χ0v) is 48.0. The van der Waals surface area contributed by atoms with Gasteiger partial charge < -0.3 is 18.9 Å². The van der Waals surface area contributed by atoms with Crippen LogP contribution in [0.3, 0.4) is 0 Å². The zero-order valence-electron chi connectivity index (χ0n) is 45.5. The molecule has 76 heavy (non-hydrogen) atoms. The Kier molecular flexibility index (Phi) is 14.5. The highest BCUT2D eigenvalue weighted by atomic mass is 79.9. The van der Waals surface area contributed by atoms with Gasteiger partial charge in [-0.2, -0.15) is 0 Å². The lowest BCUT2D eigenvalue weighted by molar-refractivity contribution is -0.195. The minimum absolute atomic E-state index is 0.0297. The molecule has 0 saturated heterocycles. The van der Waals surface area contributed by atoms with Crippen LogP contribution in [0.25, 0.3) is 43.1 Å². The maximum atomic E-state index is 13.7. The van der Waals surface area contributed by atoms with E-state index in [0.29, 0.717) is 47.3 Å². The van der Waals surface area contributed by atoms with Gasteiger partial charge >= 0.3 is 23.9 Å². The molecule has 0 heterocycles. The van der Waals surface area contributed by atoms with Crippen molar-refractivity contribution >= 4 is 95.5 Å². The molecule has 6 aromatic carbocycles. The van der Waals surface area contributed by atoms with Crippen LogP contribution < -0.4 is 0 Å². The third kappa shape index (κ3) is 9.98. The van der Waals surface area contributed by atoms with E-state index in [1.54, 1.807) is 0 Å². The highest BCUT2D eigenvalue weighted by molar-refractivity contribution is 9.10. The second kappa shape index (κ2) is 20.7. The fourth-order valence-electron chi connectivity index (χ4n) is 15.2. The number of ether oxygens (including phenoxy) is 4. The van der Waals surface area contributed by atoms with E-state index in [9.17, 15) is 19.2 Å². The Morgan fingerprint density at radius 2 is 0.921 bits per heavy atom. The Balaban J connectivity index is 0.000000162. The van der Waals surface area contributed by atoms with Crippen LogP contribution in [-0.4, -0.2) is 36.1 Å². The van der Waals surface area contributed by atoms with E-state index in [-0.39, 0.29) is 59.8 Å². The van der Waals surface area contributed by atoms with Crippen LogP contribution >= 0.6 is 28.6 Å². The lowest BCUT2D eigenvalue weighted by atomic mass is 9.50. The minimum Gasteiger partial charge on any atom is -0.462 e. The molecule has 0 radical (unpaired) electrons. The van der Waals surface area contributed by atoms with Crippen molar-refractivity contribution < 1.29 is 38.1 Å². The second-order valence-electron chi connectivity index (χ2n) is 25.1. The van der Waals surface area contributed by atoms with E-state index in [1.165, 1.54) is 21.5 Å². The maximum Gasteiger partial charge on any atom is 0.310 e. The van der Waals surface area contributed by atoms with E-state index in [2.05, 4.69) is 120 Å². The Bertz CT molecular complexity index is 3190. The third-order valence-electron chi connectivity index (χ3n) is 19.5. The molecule has 14 rings (SSSR count). The molecule has 8 aliphatic carbocycles. The summed E-state index contributed by atoms with van der Waals surface area (Å²) in [6, 6.07) is 33.9. The molecule has 8 bridgehead atoms. The predicted molar refractivity (Wildman–Crippen MR) is 307 cm³/mol. The molecule has 2 unspecified atom stereocenters. The van der Waals surface area contributed by atoms with Crippen molar-refractivity contribution in [3.63, 3.8) is 0 Å². The first kappa shape index (κ1) is 53.1. The molecule has 8 saturated carbocycles. The van der Waals surface area contributed by atoms with Gasteiger partial charge in [-0.3, -0.25) is 19.2 Å². The lowest BCUT2D eigenvalue weighted by Gasteiger charge is -2.56. The topological polar surface area (TPSA) is 105 Å². The quantitative estimate of drug-likeness (QED) is 0.0559. The lowest BCUT2D eigenvalue weighted by Crippen LogP contribution is -2.56. The first-order chi connectivity index (χ1) is 36.3. The fourth-order valence-corrected chi connectivity index (χ4v) is 16.4. The summed E-state index contributed by atoms with van der Waals surface area (Å²) in [5, 5.41) is 9.32. The number of benzene rings is 6. The largest absolute Gasteiger partial charge is 0.462 e. The molecule has 0 spiro atoms. The molecule has 0 aliphatic heterocycles. The van der Waals surface area contributed by atoms with Crippen LogP contribution in [0, 0.1) is 71.0 Å². The van der Waals surface area contributed by atoms with Gasteiger partial charge in [0.2, 0.25) is 0 Å². The van der Waals surface area contributed by atoms with Gasteiger partial charge in [-0.15, -0.1) is 12.6 Å². The Hall–Kier alpha value is -4.93. The molecular formula is C66H75BrO8S. The standard InChI is InChI=1S/C33H37BrO4.C33H38O4S/c1-5-18(2)31(35)37-30-24-13-22-14-25(30)16-23(15-24)28(22)32(36)38-33(3,4)27-11-10-21-12-19-8-6-7-9-20(19)17-26(21)29(27)34;1-5-18(2)31(34)36-30-25-12-23-13-26(30)15-24(14-25)29(23)32(35)37-33(3,4)27-8-6-19-10-20-7-9-28(38)17-22(20)11-21(19)16-27/h6-12,17-18,22-25,28,30H,5,13-16H2,1-4H3;6-11,16-18,23-26,29-30,38H,5,12-15H2,1-4H3. The van der Waals surface area contributed by atoms with Crippen LogP contribution in [0.4, 0.5) is 0 Å². The number of hydrogen-bond acceptors (Lipinski definition) is 9. The Morgan fingerprint density at radius 1 is 0.513 bits per heavy atom. The van der Waals surface area contributed by atoms with Crippen molar-refractivity contribution in [2.45, 2.75) is 148 Å². The van der Waals surface area contributed by atoms with Crippen molar-refractivity contribution in [3.05, 3.63) is 113 Å². The summed E-state index contributed by atoms with van der Waals surface area (Å²) < 4.78 is 25.7. The van der Waals surface area contributed by atoms with Crippen LogP contribution in [0.1, 0.15) is 131 Å². The molecule has 0 amide bonds. The molecule has 10 heteroatoms. The Morgan fingerprint density at radius 3 is 1.42 bits per heavy atom. The van der Waals surface area contributed by atoms with Gasteiger partial charge in [-0.1, -0.05) is 82.3 Å². The van der Waals surface area contributed by atoms with Crippen molar-refractivity contribution in [3.8, 4) is 0 Å². The van der Waals surface area contributed by atoms with Crippen LogP contribution in [-0.2, 0) is 49.3 Å². The fraction of sp³-hybridized carbons (Fsp3) is 0.515. The van der Waals surface area contributed by atoms with Crippen molar-refractivity contribution in [2.75, 3.05) is 0 Å². The van der Waals surface area contributed by atoms with Gasteiger partial charge in [0.1, 0.15) is 23.4 Å². The average Bonchev–Trinajstić information content (AvgIpc) is 3.40. The second-order valence-corrected chi connectivity index (χ2v) is 26.4. The molecule has 0 aromatic heterocycles. The summed E-state index contributed by atoms with van der Waals surface area (Å²) in [5.74, 6) is 2.39. The monoisotopic (exact) mass is 1110 g/mol. The van der Waals surface area contributed by atoms with Crippen molar-refractivity contribution in [2.24, 2.45) is 71.0 Å². The van der Waals surface area contributed by atoms with E-state index in [0.717, 1.165) is 106 Å². The molecule has 8 fully saturated rings. The summed E-state index contributed by atoms with van der Waals surface area (Å²) in [4.78, 5) is 53.3. The van der Waals surface area contributed by atoms with Gasteiger partial charge in [0.25, 0.3) is 0 Å². The number of hydrogen-bond donors (Lipinski definition) is 1. The smallest absolute Gasteiger partial charge is 0.310 e. The number of thiol groups is 1. The van der Waals surface area contributed by atoms with Crippen LogP contribution in [0.15, 0.2) is 106 Å². The highest BCUT2D eigenvalue weighted by Gasteiger charge is 2.59. The normalized spacial score (nSPS) is 29.0. The van der Waals surface area contributed by atoms with Gasteiger partial charge in [0.15, 0.2) is 0 Å². The van der Waals surface area contributed by atoms with Crippen LogP contribution in [0.5, 0.6) is 0 Å². The summed E-state index contributed by atoms with van der Waals surface area (Å²) >= 11 is 8.36. The minimum atomic E-state index is -0.765. The highest BCUT2D eigenvalue weighted by Crippen LogP contribution is 2.60. The van der Waals surface area contributed by atoms with Gasteiger partial charge in [-0.25, -0.2) is 0 Å². The average molecular weight is 1110 g/mol. The number of rotatable bonds is 12. The zero-order chi connectivity index (χ0) is 53.5. The first-order valence-corrected chi connectivity index (χ1v) is 29.7. The van der Waals surface area contributed by atoms with E-state index in [4.69, 9.17) is 18.9 Å². The number of halogens is 1. The van der Waals surface area contributed by atoms with Gasteiger partial charge in [0, 0.05) is 14.9 Å². The van der Waals surface area contributed by atoms with Gasteiger partial charge in [-0.05, 0) is 246 Å². The molecule has 400 valence electrons. The molecule has 6 aromatic rings. The number of esters is 4. The third-order valence-corrected chi connectivity index (χ3v) is 20.6. The number of fused-ring (bicyclic) bond motifs is 4. The maximum absolute atomic E-state index is 13.7. The van der Waals surface area contributed by atoms with Crippen molar-refractivity contribution in [1.82, 2.24) is 0 Å². The molecule has 0 N–H and O–H groups in total. The summed E-state index contributed by atoms with van der Waals surface area (Å²) in [7, 11) is 0. The molecule has 8 nitrogen and oxygen atoms in total. The molecular weight excluding hydrogens is 1030 g/mol. The van der Waals surface area contributed by atoms with Crippen LogP contribution in [0.2, 0.25) is 0 Å². The van der Waals surface area contributed by atoms with E-state index < -0.39 is 11.2 Å². The predicted octanol–water partition coefficient (Wildman–Crippen LogP) is 15.9. The summed E-state index contributed by atoms with van der Waals surface area (Å²) in [5.41, 5.74) is 0.489. The SMILES string of the molecule is CCC(C)C(=O)OC1C2CC3CC1CC(C2)C3C(=O)OC(C)(C)c1ccc2cc3ccc(S)cc3cc2c1.CCC(C)C(=O)OC1C2CC3CC1CC(C2)C3C(=O)OC(C)(C)c1ccc2cc3ccccc3cc2c1Br. The Labute approximate surface area is 462 Å². The summed E-state index contributed by atoms with van der Waals surface area (Å²) in [6.45, 7) is 15.9. The van der Waals surface area contributed by atoms with E-state index in [1.807, 2.05) is 61.5 Å². The summed E-state index contributed by atoms with van der Waals surface area (Å²) in [6.07, 6.45) is 9.34. The molecule has 8 aliphatic rings. The van der Waals surface area contributed by atoms with Crippen molar-refractivity contribution in [1.29, 1.82) is 0 Å². The number of carbonyl (C=O) groups is 4. The number of carbonyl (C=O) groups excluding carboxylic acids is 4.